The molecule has 0 aliphatic carbocycles. The van der Waals surface area contributed by atoms with E-state index < -0.39 is 0 Å². The summed E-state index contributed by atoms with van der Waals surface area (Å²) in [6, 6.07) is 13.4. The van der Waals surface area contributed by atoms with Crippen molar-refractivity contribution in [1.29, 1.82) is 0 Å². The molecule has 30 heavy (non-hydrogen) atoms. The van der Waals surface area contributed by atoms with Crippen LogP contribution in [0.4, 0.5) is 0 Å². The second-order valence-corrected chi connectivity index (χ2v) is 7.85. The van der Waals surface area contributed by atoms with Crippen LogP contribution < -0.4 is 10.6 Å². The van der Waals surface area contributed by atoms with Gasteiger partial charge in [-0.3, -0.25) is 14.2 Å². The molecular formula is C22H22N4O3S. The number of nitrogens with zero attached hydrogens (tertiary/aromatic N) is 2. The maximum Gasteiger partial charge on any atom is 0.273 e. The third kappa shape index (κ3) is 4.34. The first kappa shape index (κ1) is 20.1. The molecule has 0 aliphatic rings. The molecule has 4 aromatic rings. The number of thiophene rings is 1. The number of hydrogen-bond donors (Lipinski definition) is 2. The van der Waals surface area contributed by atoms with Gasteiger partial charge in [0.1, 0.15) is 0 Å². The first-order valence-corrected chi connectivity index (χ1v) is 10.6. The Kier molecular flexibility index (Phi) is 6.06. The highest BCUT2D eigenvalue weighted by Gasteiger charge is 2.14. The molecule has 7 nitrogen and oxygen atoms in total. The Labute approximate surface area is 177 Å². The Morgan fingerprint density at radius 1 is 1.17 bits per heavy atom. The lowest BCUT2D eigenvalue weighted by Gasteiger charge is -2.05. The van der Waals surface area contributed by atoms with E-state index in [0.717, 1.165) is 34.3 Å². The number of carbonyl (C=O) groups excluding carboxylic acids is 2. The minimum atomic E-state index is -0.244. The smallest absolute Gasteiger partial charge is 0.273 e. The van der Waals surface area contributed by atoms with Crippen molar-refractivity contribution < 1.29 is 14.1 Å². The molecule has 2 N–H and O–H groups in total. The molecule has 0 unspecified atom stereocenters. The first-order chi connectivity index (χ1) is 14.6. The molecule has 8 heteroatoms. The molecule has 3 aromatic heterocycles. The predicted octanol–water partition coefficient (Wildman–Crippen LogP) is 3.93. The minimum Gasteiger partial charge on any atom is -0.355 e. The maximum absolute atomic E-state index is 12.2. The van der Waals surface area contributed by atoms with Gasteiger partial charge in [-0.2, -0.15) is 0 Å². The van der Waals surface area contributed by atoms with Gasteiger partial charge in [0.05, 0.1) is 10.4 Å². The standard InChI is InChI=1S/C22H22N4O3S/c1-15(27)26-14-16(17-6-2-3-7-19(17)26)13-23-9-5-10-24-22(28)18-12-20(29-25-18)21-8-4-11-30-21/h2-4,6-8,11-12,14,23H,5,9-10,13H2,1H3,(H,24,28). The zero-order valence-electron chi connectivity index (χ0n) is 16.6. The number of rotatable bonds is 8. The molecule has 0 saturated heterocycles. The second-order valence-electron chi connectivity index (χ2n) is 6.90. The summed E-state index contributed by atoms with van der Waals surface area (Å²) >= 11 is 1.54. The molecule has 0 aliphatic heterocycles. The van der Waals surface area contributed by atoms with E-state index in [2.05, 4.69) is 15.8 Å². The molecule has 0 fully saturated rings. The molecule has 0 atom stereocenters. The predicted molar refractivity (Wildman–Crippen MR) is 117 cm³/mol. The zero-order chi connectivity index (χ0) is 20.9. The first-order valence-electron chi connectivity index (χ1n) is 9.73. The topological polar surface area (TPSA) is 89.2 Å². The molecule has 4 rings (SSSR count). The summed E-state index contributed by atoms with van der Waals surface area (Å²) in [5.74, 6) is 0.350. The van der Waals surface area contributed by atoms with E-state index in [4.69, 9.17) is 4.52 Å². The lowest BCUT2D eigenvalue weighted by Crippen LogP contribution is -2.27. The fourth-order valence-corrected chi connectivity index (χ4v) is 3.97. The summed E-state index contributed by atoms with van der Waals surface area (Å²) in [5, 5.41) is 13.1. The highest BCUT2D eigenvalue weighted by atomic mass is 32.1. The SMILES string of the molecule is CC(=O)n1cc(CNCCCNC(=O)c2cc(-c3cccs3)on2)c2ccccc21. The van der Waals surface area contributed by atoms with E-state index in [-0.39, 0.29) is 17.5 Å². The third-order valence-electron chi connectivity index (χ3n) is 4.77. The van der Waals surface area contributed by atoms with Gasteiger partial charge in [-0.05, 0) is 36.0 Å². The van der Waals surface area contributed by atoms with Gasteiger partial charge in [-0.1, -0.05) is 29.4 Å². The van der Waals surface area contributed by atoms with Gasteiger partial charge >= 0.3 is 0 Å². The zero-order valence-corrected chi connectivity index (χ0v) is 17.4. The highest BCUT2D eigenvalue weighted by Crippen LogP contribution is 2.25. The number of aromatic nitrogens is 2. The van der Waals surface area contributed by atoms with E-state index in [1.165, 1.54) is 11.3 Å². The summed E-state index contributed by atoms with van der Waals surface area (Å²) in [4.78, 5) is 25.0. The van der Waals surface area contributed by atoms with Crippen LogP contribution in [0, 0.1) is 0 Å². The van der Waals surface area contributed by atoms with Crippen molar-refractivity contribution in [3.05, 3.63) is 65.3 Å². The van der Waals surface area contributed by atoms with Gasteiger partial charge in [0.25, 0.3) is 5.91 Å². The average Bonchev–Trinajstić information content (AvgIpc) is 3.50. The molecular weight excluding hydrogens is 400 g/mol. The van der Waals surface area contributed by atoms with Gasteiger partial charge in [0, 0.05) is 37.7 Å². The molecule has 1 aromatic carbocycles. The number of nitrogens with one attached hydrogen (secondary N) is 2. The Morgan fingerprint density at radius 2 is 2.03 bits per heavy atom. The van der Waals surface area contributed by atoms with E-state index in [0.29, 0.717) is 18.8 Å². The number of para-hydroxylation sites is 1. The minimum absolute atomic E-state index is 0.00439. The van der Waals surface area contributed by atoms with Crippen molar-refractivity contribution in [3.63, 3.8) is 0 Å². The van der Waals surface area contributed by atoms with Crippen molar-refractivity contribution in [2.75, 3.05) is 13.1 Å². The third-order valence-corrected chi connectivity index (χ3v) is 5.66. The lowest BCUT2D eigenvalue weighted by molar-refractivity contribution is 0.0934. The van der Waals surface area contributed by atoms with Crippen LogP contribution in [0.15, 0.2) is 58.6 Å². The largest absolute Gasteiger partial charge is 0.355 e. The van der Waals surface area contributed by atoms with Crippen LogP contribution in [0.25, 0.3) is 21.5 Å². The molecule has 3 heterocycles. The molecule has 0 radical (unpaired) electrons. The van der Waals surface area contributed by atoms with Crippen molar-refractivity contribution in [2.24, 2.45) is 0 Å². The molecule has 154 valence electrons. The lowest BCUT2D eigenvalue weighted by atomic mass is 10.2. The van der Waals surface area contributed by atoms with Crippen LogP contribution in [0.3, 0.4) is 0 Å². The summed E-state index contributed by atoms with van der Waals surface area (Å²) in [6.07, 6.45) is 2.66. The van der Waals surface area contributed by atoms with E-state index in [9.17, 15) is 9.59 Å². The van der Waals surface area contributed by atoms with Crippen molar-refractivity contribution in [1.82, 2.24) is 20.4 Å². The highest BCUT2D eigenvalue weighted by molar-refractivity contribution is 7.13. The van der Waals surface area contributed by atoms with Gasteiger partial charge in [-0.15, -0.1) is 11.3 Å². The molecule has 0 spiro atoms. The molecule has 0 saturated carbocycles. The summed E-state index contributed by atoms with van der Waals surface area (Å²) in [6.45, 7) is 3.48. The maximum atomic E-state index is 12.2. The Morgan fingerprint density at radius 3 is 2.83 bits per heavy atom. The number of carbonyl (C=O) groups is 2. The van der Waals surface area contributed by atoms with Crippen LogP contribution in [0.2, 0.25) is 0 Å². The number of hydrogen-bond acceptors (Lipinski definition) is 6. The number of fused-ring (bicyclic) bond motifs is 1. The van der Waals surface area contributed by atoms with E-state index in [1.807, 2.05) is 48.0 Å². The number of amides is 1. The summed E-state index contributed by atoms with van der Waals surface area (Å²) in [7, 11) is 0. The van der Waals surface area contributed by atoms with E-state index in [1.54, 1.807) is 17.6 Å². The Bertz CT molecular complexity index is 1160. The normalized spacial score (nSPS) is 11.1. The van der Waals surface area contributed by atoms with E-state index >= 15 is 0 Å². The van der Waals surface area contributed by atoms with Crippen molar-refractivity contribution >= 4 is 34.1 Å². The number of benzene rings is 1. The van der Waals surface area contributed by atoms with Crippen LogP contribution in [-0.4, -0.2) is 34.6 Å². The monoisotopic (exact) mass is 422 g/mol. The van der Waals surface area contributed by atoms with Crippen molar-refractivity contribution in [2.45, 2.75) is 19.9 Å². The van der Waals surface area contributed by atoms with Crippen molar-refractivity contribution in [3.8, 4) is 10.6 Å². The molecule has 0 bridgehead atoms. The quantitative estimate of drug-likeness (QED) is 0.420. The van der Waals surface area contributed by atoms with Gasteiger partial charge < -0.3 is 15.2 Å². The van der Waals surface area contributed by atoms with Crippen LogP contribution in [0.5, 0.6) is 0 Å². The fraction of sp³-hybridized carbons (Fsp3) is 0.227. The molecule has 1 amide bonds. The summed E-state index contributed by atoms with van der Waals surface area (Å²) in [5.41, 5.74) is 2.28. The van der Waals surface area contributed by atoms with Crippen LogP contribution in [-0.2, 0) is 6.54 Å². The van der Waals surface area contributed by atoms with Crippen LogP contribution in [0.1, 0.15) is 34.2 Å². The Hall–Kier alpha value is -3.23. The summed E-state index contributed by atoms with van der Waals surface area (Å²) < 4.78 is 6.91. The van der Waals surface area contributed by atoms with Gasteiger partial charge in [-0.25, -0.2) is 0 Å². The van der Waals surface area contributed by atoms with Gasteiger partial charge in [0.2, 0.25) is 5.91 Å². The average molecular weight is 423 g/mol. The Balaban J connectivity index is 1.23. The second kappa shape index (κ2) is 9.06. The van der Waals surface area contributed by atoms with Gasteiger partial charge in [0.15, 0.2) is 11.5 Å². The fourth-order valence-electron chi connectivity index (χ4n) is 3.30. The van der Waals surface area contributed by atoms with Crippen LogP contribution >= 0.6 is 11.3 Å².